The fraction of sp³-hybridized carbons (Fsp3) is 0.158. The molecule has 2 aromatic rings. The third kappa shape index (κ3) is 5.59. The minimum absolute atomic E-state index is 0.0191. The summed E-state index contributed by atoms with van der Waals surface area (Å²) in [5.41, 5.74) is 6.01. The predicted octanol–water partition coefficient (Wildman–Crippen LogP) is 2.32. The molecule has 1 atom stereocenters. The van der Waals surface area contributed by atoms with Crippen LogP contribution in [0.5, 0.6) is 0 Å². The highest BCUT2D eigenvalue weighted by molar-refractivity contribution is 8.00. The van der Waals surface area contributed by atoms with Crippen LogP contribution < -0.4 is 11.1 Å². The molecule has 2 rings (SSSR count). The third-order valence-electron chi connectivity index (χ3n) is 3.44. The molecular weight excluding hydrogens is 366 g/mol. The number of carbonyl (C=O) groups is 3. The van der Waals surface area contributed by atoms with E-state index in [-0.39, 0.29) is 11.3 Å². The molecular formula is C19H17N3O4S. The first-order valence-corrected chi connectivity index (χ1v) is 8.92. The average Bonchev–Trinajstić information content (AvgIpc) is 2.66. The summed E-state index contributed by atoms with van der Waals surface area (Å²) < 4.78 is 5.23. The second-order valence-corrected chi connectivity index (χ2v) is 6.46. The molecule has 7 nitrogen and oxygen atoms in total. The number of esters is 1. The smallest absolute Gasteiger partial charge is 0.340 e. The summed E-state index contributed by atoms with van der Waals surface area (Å²) in [7, 11) is 0. The number of amides is 2. The number of hydrogen-bond donors (Lipinski definition) is 2. The number of benzene rings is 2. The van der Waals surface area contributed by atoms with E-state index in [2.05, 4.69) is 5.32 Å². The minimum Gasteiger partial charge on any atom is -0.449 e. The van der Waals surface area contributed by atoms with Gasteiger partial charge in [-0.1, -0.05) is 24.3 Å². The summed E-state index contributed by atoms with van der Waals surface area (Å²) in [4.78, 5) is 36.2. The lowest BCUT2D eigenvalue weighted by atomic mass is 10.2. The van der Waals surface area contributed by atoms with Crippen LogP contribution in [0.3, 0.4) is 0 Å². The lowest BCUT2D eigenvalue weighted by Gasteiger charge is -2.15. The molecule has 0 aromatic heterocycles. The molecule has 0 radical (unpaired) electrons. The normalized spacial score (nSPS) is 11.1. The van der Waals surface area contributed by atoms with Crippen LogP contribution in [0.15, 0.2) is 53.4 Å². The van der Waals surface area contributed by atoms with Crippen molar-refractivity contribution in [3.05, 3.63) is 59.7 Å². The Labute approximate surface area is 160 Å². The Morgan fingerprint density at radius 3 is 2.56 bits per heavy atom. The lowest BCUT2D eigenvalue weighted by molar-refractivity contribution is -0.123. The second-order valence-electron chi connectivity index (χ2n) is 5.45. The Morgan fingerprint density at radius 2 is 1.85 bits per heavy atom. The van der Waals surface area contributed by atoms with E-state index < -0.39 is 23.9 Å². The van der Waals surface area contributed by atoms with Gasteiger partial charge in [-0.2, -0.15) is 5.26 Å². The van der Waals surface area contributed by atoms with Crippen LogP contribution in [-0.4, -0.2) is 29.6 Å². The largest absolute Gasteiger partial charge is 0.449 e. The molecule has 0 saturated heterocycles. The van der Waals surface area contributed by atoms with Crippen molar-refractivity contribution in [1.82, 2.24) is 0 Å². The highest BCUT2D eigenvalue weighted by Crippen LogP contribution is 2.23. The highest BCUT2D eigenvalue weighted by Gasteiger charge is 2.21. The van der Waals surface area contributed by atoms with Gasteiger partial charge in [0.05, 0.1) is 22.6 Å². The van der Waals surface area contributed by atoms with E-state index in [0.29, 0.717) is 16.1 Å². The maximum atomic E-state index is 12.4. The van der Waals surface area contributed by atoms with Crippen LogP contribution in [0.25, 0.3) is 0 Å². The summed E-state index contributed by atoms with van der Waals surface area (Å²) in [6.45, 7) is 1.43. The van der Waals surface area contributed by atoms with E-state index in [1.807, 2.05) is 6.07 Å². The number of primary amides is 1. The molecule has 27 heavy (non-hydrogen) atoms. The van der Waals surface area contributed by atoms with Crippen LogP contribution in [0.1, 0.15) is 22.8 Å². The van der Waals surface area contributed by atoms with E-state index in [1.54, 1.807) is 48.5 Å². The van der Waals surface area contributed by atoms with E-state index in [0.717, 1.165) is 11.8 Å². The van der Waals surface area contributed by atoms with Crippen LogP contribution in [0.2, 0.25) is 0 Å². The van der Waals surface area contributed by atoms with Crippen LogP contribution in [0, 0.1) is 11.3 Å². The number of nitrogens with zero attached hydrogens (tertiary/aromatic N) is 1. The van der Waals surface area contributed by atoms with Gasteiger partial charge >= 0.3 is 5.97 Å². The van der Waals surface area contributed by atoms with Crippen molar-refractivity contribution < 1.29 is 19.1 Å². The van der Waals surface area contributed by atoms with Gasteiger partial charge in [0, 0.05) is 4.90 Å². The van der Waals surface area contributed by atoms with Gasteiger partial charge in [0.1, 0.15) is 6.07 Å². The van der Waals surface area contributed by atoms with Gasteiger partial charge < -0.3 is 15.8 Å². The molecule has 2 aromatic carbocycles. The predicted molar refractivity (Wildman–Crippen MR) is 101 cm³/mol. The fourth-order valence-electron chi connectivity index (χ4n) is 2.11. The molecule has 138 valence electrons. The van der Waals surface area contributed by atoms with Gasteiger partial charge in [-0.15, -0.1) is 11.8 Å². The van der Waals surface area contributed by atoms with E-state index in [4.69, 9.17) is 15.7 Å². The van der Waals surface area contributed by atoms with Crippen molar-refractivity contribution in [2.24, 2.45) is 5.73 Å². The number of carbonyl (C=O) groups excluding carboxylic acids is 3. The number of hydrogen-bond acceptors (Lipinski definition) is 6. The lowest BCUT2D eigenvalue weighted by Crippen LogP contribution is -2.30. The molecule has 2 amide bonds. The number of para-hydroxylation sites is 1. The first-order chi connectivity index (χ1) is 12.9. The van der Waals surface area contributed by atoms with Gasteiger partial charge in [-0.25, -0.2) is 4.79 Å². The van der Waals surface area contributed by atoms with Crippen molar-refractivity contribution in [3.8, 4) is 6.07 Å². The average molecular weight is 383 g/mol. The zero-order valence-electron chi connectivity index (χ0n) is 14.5. The van der Waals surface area contributed by atoms with Gasteiger partial charge in [-0.3, -0.25) is 9.59 Å². The monoisotopic (exact) mass is 383 g/mol. The number of nitrogens with one attached hydrogen (secondary N) is 1. The van der Waals surface area contributed by atoms with Gasteiger partial charge in [0.2, 0.25) is 5.91 Å². The molecule has 0 bridgehead atoms. The first-order valence-electron chi connectivity index (χ1n) is 7.93. The number of nitrogens with two attached hydrogens (primary N) is 1. The van der Waals surface area contributed by atoms with Gasteiger partial charge in [-0.05, 0) is 31.2 Å². The Hall–Kier alpha value is -3.31. The van der Waals surface area contributed by atoms with Gasteiger partial charge in [0.15, 0.2) is 6.10 Å². The molecule has 0 spiro atoms. The maximum absolute atomic E-state index is 12.4. The van der Waals surface area contributed by atoms with E-state index >= 15 is 0 Å². The summed E-state index contributed by atoms with van der Waals surface area (Å²) >= 11 is 1.11. The van der Waals surface area contributed by atoms with Gasteiger partial charge in [0.25, 0.3) is 5.91 Å². The number of anilines is 1. The van der Waals surface area contributed by atoms with E-state index in [9.17, 15) is 14.4 Å². The van der Waals surface area contributed by atoms with Crippen LogP contribution >= 0.6 is 11.8 Å². The van der Waals surface area contributed by atoms with Crippen LogP contribution in [0.4, 0.5) is 5.69 Å². The standard InChI is InChI=1S/C19H17N3O4S/c1-12(18(24)22-15-8-4-2-6-13(15)10-20)26-19(25)14-7-3-5-9-16(14)27-11-17(21)23/h2-9,12H,11H2,1H3,(H2,21,23)(H,22,24)/t12-/m0/s1. The zero-order valence-corrected chi connectivity index (χ0v) is 15.3. The van der Waals surface area contributed by atoms with Crippen molar-refractivity contribution in [1.29, 1.82) is 5.26 Å². The van der Waals surface area contributed by atoms with Crippen molar-refractivity contribution in [2.45, 2.75) is 17.9 Å². The Morgan fingerprint density at radius 1 is 1.19 bits per heavy atom. The molecule has 8 heteroatoms. The topological polar surface area (TPSA) is 122 Å². The molecule has 0 aliphatic carbocycles. The number of thioether (sulfide) groups is 1. The van der Waals surface area contributed by atoms with E-state index in [1.165, 1.54) is 6.92 Å². The van der Waals surface area contributed by atoms with Crippen molar-refractivity contribution >= 4 is 35.2 Å². The molecule has 0 heterocycles. The maximum Gasteiger partial charge on any atom is 0.340 e. The Bertz CT molecular complexity index is 908. The number of ether oxygens (including phenoxy) is 1. The molecule has 3 N–H and O–H groups in total. The van der Waals surface area contributed by atoms with Crippen LogP contribution in [-0.2, 0) is 14.3 Å². The zero-order chi connectivity index (χ0) is 19.8. The molecule has 0 unspecified atom stereocenters. The number of rotatable bonds is 7. The first kappa shape index (κ1) is 20.0. The Kier molecular flexibility index (Phi) is 6.97. The number of nitriles is 1. The summed E-state index contributed by atoms with van der Waals surface area (Å²) in [6, 6.07) is 15.1. The quantitative estimate of drug-likeness (QED) is 0.559. The molecule has 0 aliphatic rings. The second kappa shape index (κ2) is 9.40. The van der Waals surface area contributed by atoms with Crippen molar-refractivity contribution in [2.75, 3.05) is 11.1 Å². The highest BCUT2D eigenvalue weighted by atomic mass is 32.2. The third-order valence-corrected chi connectivity index (χ3v) is 4.53. The fourth-order valence-corrected chi connectivity index (χ4v) is 2.89. The summed E-state index contributed by atoms with van der Waals surface area (Å²) in [6.07, 6.45) is -1.08. The minimum atomic E-state index is -1.08. The summed E-state index contributed by atoms with van der Waals surface area (Å²) in [5.74, 6) is -1.75. The SMILES string of the molecule is C[C@H](OC(=O)c1ccccc1SCC(N)=O)C(=O)Nc1ccccc1C#N. The molecule has 0 aliphatic heterocycles. The Balaban J connectivity index is 2.06. The molecule has 0 fully saturated rings. The van der Waals surface area contributed by atoms with Crippen molar-refractivity contribution in [3.63, 3.8) is 0 Å². The summed E-state index contributed by atoms with van der Waals surface area (Å²) in [5, 5.41) is 11.6. The molecule has 0 saturated carbocycles.